The molecular formula is C49H52Cl2Hf-2. The van der Waals surface area contributed by atoms with Gasteiger partial charge in [0.05, 0.1) is 0 Å². The number of fused-ring (bicyclic) bond motifs is 3. The van der Waals surface area contributed by atoms with E-state index in [9.17, 15) is 0 Å². The summed E-state index contributed by atoms with van der Waals surface area (Å²) in [7, 11) is 0. The molecule has 0 spiro atoms. The van der Waals surface area contributed by atoms with Crippen molar-refractivity contribution in [3.63, 3.8) is 0 Å². The molecule has 0 bridgehead atoms. The number of rotatable bonds is 3. The van der Waals surface area contributed by atoms with Crippen LogP contribution in [0.5, 0.6) is 0 Å². The van der Waals surface area contributed by atoms with Crippen molar-refractivity contribution in [3.8, 4) is 11.1 Å². The Labute approximate surface area is 340 Å². The van der Waals surface area contributed by atoms with E-state index in [-0.39, 0.29) is 41.1 Å². The zero-order chi connectivity index (χ0) is 36.1. The van der Waals surface area contributed by atoms with Crippen molar-refractivity contribution in [2.45, 2.75) is 78.6 Å². The van der Waals surface area contributed by atoms with E-state index >= 15 is 0 Å². The molecule has 0 amide bonds. The van der Waals surface area contributed by atoms with Gasteiger partial charge in [0.15, 0.2) is 0 Å². The van der Waals surface area contributed by atoms with E-state index in [4.69, 9.17) is 0 Å². The molecule has 268 valence electrons. The van der Waals surface area contributed by atoms with Crippen molar-refractivity contribution in [2.75, 3.05) is 0 Å². The number of benzene rings is 5. The molecule has 0 saturated heterocycles. The van der Waals surface area contributed by atoms with Crippen LogP contribution in [0.2, 0.25) is 0 Å². The van der Waals surface area contributed by atoms with Crippen molar-refractivity contribution >= 4 is 24.8 Å². The monoisotopic (exact) mass is 890 g/mol. The molecule has 0 N–H and O–H groups in total. The van der Waals surface area contributed by atoms with Crippen LogP contribution in [0.4, 0.5) is 0 Å². The van der Waals surface area contributed by atoms with Crippen molar-refractivity contribution in [2.24, 2.45) is 0 Å². The summed E-state index contributed by atoms with van der Waals surface area (Å²) >= 11 is 1.08. The predicted molar refractivity (Wildman–Crippen MR) is 217 cm³/mol. The third kappa shape index (κ3) is 10.8. The molecule has 0 aliphatic carbocycles. The molecule has 0 atom stereocenters. The molecule has 0 nitrogen and oxygen atoms in total. The van der Waals surface area contributed by atoms with Crippen molar-refractivity contribution in [1.29, 1.82) is 0 Å². The zero-order valence-corrected chi connectivity index (χ0v) is 37.3. The third-order valence-electron chi connectivity index (χ3n) is 9.27. The van der Waals surface area contributed by atoms with E-state index in [1.807, 2.05) is 0 Å². The summed E-state index contributed by atoms with van der Waals surface area (Å²) in [6.45, 7) is 20.4. The summed E-state index contributed by atoms with van der Waals surface area (Å²) in [5, 5.41) is 5.48. The van der Waals surface area contributed by atoms with E-state index in [0.29, 0.717) is 0 Å². The van der Waals surface area contributed by atoms with Gasteiger partial charge in [0.25, 0.3) is 0 Å². The Morgan fingerprint density at radius 1 is 0.481 bits per heavy atom. The van der Waals surface area contributed by atoms with E-state index < -0.39 is 0 Å². The van der Waals surface area contributed by atoms with Crippen molar-refractivity contribution in [3.05, 3.63) is 179 Å². The molecule has 3 heteroatoms. The second-order valence-corrected chi connectivity index (χ2v) is 18.1. The maximum absolute atomic E-state index is 2.35. The van der Waals surface area contributed by atoms with Gasteiger partial charge < -0.3 is 24.8 Å². The molecule has 0 radical (unpaired) electrons. The van der Waals surface area contributed by atoms with Gasteiger partial charge in [-0.15, -0.1) is 51.4 Å². The fourth-order valence-electron chi connectivity index (χ4n) is 6.27. The Hall–Kier alpha value is -3.36. The SMILES string of the molecule is CC(C)(C)c1ccc2c(c1)[cH-]c1cc(C(C)(C)C)ccc12.CC(C)(C)c1ccccc1-c1ccc[cH-]1.[Cl-].[Cl-].[Hf+2]=[C](c1ccccc1)c1ccccc1. The van der Waals surface area contributed by atoms with Gasteiger partial charge in [-0.25, -0.2) is 0 Å². The Bertz CT molecular complexity index is 2040. The minimum absolute atomic E-state index is 0. The Morgan fingerprint density at radius 3 is 1.33 bits per heavy atom. The van der Waals surface area contributed by atoms with Crippen LogP contribution in [0.3, 0.4) is 0 Å². The number of halogens is 2. The molecule has 0 aliphatic rings. The van der Waals surface area contributed by atoms with E-state index in [1.54, 1.807) is 0 Å². The second kappa shape index (κ2) is 18.1. The van der Waals surface area contributed by atoms with Crippen LogP contribution in [0.25, 0.3) is 32.7 Å². The van der Waals surface area contributed by atoms with Crippen LogP contribution >= 0.6 is 0 Å². The van der Waals surface area contributed by atoms with E-state index in [0.717, 1.165) is 23.9 Å². The van der Waals surface area contributed by atoms with Crippen LogP contribution in [-0.4, -0.2) is 3.26 Å². The first-order chi connectivity index (χ1) is 23.6. The van der Waals surface area contributed by atoms with Crippen LogP contribution in [-0.2, 0) is 40.1 Å². The van der Waals surface area contributed by atoms with Crippen molar-refractivity contribution in [1.82, 2.24) is 0 Å². The fraction of sp³-hybridized carbons (Fsp3) is 0.245. The summed E-state index contributed by atoms with van der Waals surface area (Å²) in [5.41, 5.74) is 10.2. The normalized spacial score (nSPS) is 11.4. The average molecular weight is 890 g/mol. The number of hydrogen-bond donors (Lipinski definition) is 0. The molecule has 0 aromatic heterocycles. The third-order valence-corrected chi connectivity index (χ3v) is 11.3. The summed E-state index contributed by atoms with van der Waals surface area (Å²) in [6, 6.07) is 54.6. The van der Waals surface area contributed by atoms with Crippen molar-refractivity contribution < 1.29 is 48.7 Å². The van der Waals surface area contributed by atoms with Gasteiger partial charge in [0.2, 0.25) is 0 Å². The molecule has 52 heavy (non-hydrogen) atoms. The van der Waals surface area contributed by atoms with Gasteiger partial charge in [0.1, 0.15) is 0 Å². The van der Waals surface area contributed by atoms with E-state index in [1.165, 1.54) is 63.7 Å². The summed E-state index contributed by atoms with van der Waals surface area (Å²) in [4.78, 5) is 0. The Morgan fingerprint density at radius 2 is 0.923 bits per heavy atom. The number of hydrogen-bond acceptors (Lipinski definition) is 0. The van der Waals surface area contributed by atoms with Crippen LogP contribution in [0.1, 0.15) is 90.1 Å². The van der Waals surface area contributed by atoms with Gasteiger partial charge in [-0.05, 0) is 16.2 Å². The van der Waals surface area contributed by atoms with Gasteiger partial charge in [-0.3, -0.25) is 0 Å². The van der Waals surface area contributed by atoms with E-state index in [2.05, 4.69) is 214 Å². The summed E-state index contributed by atoms with van der Waals surface area (Å²) < 4.78 is 1.46. The Kier molecular flexibility index (Phi) is 15.0. The first kappa shape index (κ1) is 43.0. The summed E-state index contributed by atoms with van der Waals surface area (Å²) in [6.07, 6.45) is 0. The summed E-state index contributed by atoms with van der Waals surface area (Å²) in [5.74, 6) is 0. The van der Waals surface area contributed by atoms with Gasteiger partial charge in [-0.2, -0.15) is 18.2 Å². The molecule has 7 aromatic carbocycles. The quantitative estimate of drug-likeness (QED) is 0.128. The standard InChI is InChI=1S/C21H25.C15H17.C13H10.2ClH.Hf/c1-20(2,3)16-7-9-18-14(12-16)11-15-13-17(21(4,5)6)8-10-19(15)18;1-15(2,3)14-11-7-6-10-13(14)12-8-4-5-9-12;1-3-7-12(8-4-1)11-13-9-5-2-6-10-13;;;/h7-13H,1-6H3;4-11H,1-3H3;1-10H;2*1H;/q2*-1;;;;+2/p-2. The van der Waals surface area contributed by atoms with Gasteiger partial charge in [-0.1, -0.05) is 133 Å². The molecule has 0 aliphatic heterocycles. The van der Waals surface area contributed by atoms with Crippen LogP contribution in [0.15, 0.2) is 152 Å². The Balaban J connectivity index is 0.000000212. The van der Waals surface area contributed by atoms with Crippen LogP contribution in [0, 0.1) is 0 Å². The molecule has 0 fully saturated rings. The maximum atomic E-state index is 2.35. The second-order valence-electron chi connectivity index (χ2n) is 16.3. The minimum atomic E-state index is 0. The average Bonchev–Trinajstić information content (AvgIpc) is 3.76. The fourth-order valence-corrected chi connectivity index (χ4v) is 7.47. The molecular weight excluding hydrogens is 838 g/mol. The van der Waals surface area contributed by atoms with Gasteiger partial charge >= 0.3 is 98.9 Å². The topological polar surface area (TPSA) is 0 Å². The molecule has 0 saturated carbocycles. The molecule has 7 rings (SSSR count). The zero-order valence-electron chi connectivity index (χ0n) is 32.2. The molecule has 0 heterocycles. The first-order valence-corrected chi connectivity index (χ1v) is 19.6. The predicted octanol–water partition coefficient (Wildman–Crippen LogP) is 7.49. The molecule has 0 unspecified atom stereocenters. The van der Waals surface area contributed by atoms with Crippen LogP contribution < -0.4 is 24.8 Å². The van der Waals surface area contributed by atoms with Gasteiger partial charge in [0, 0.05) is 0 Å². The molecule has 7 aromatic rings. The first-order valence-electron chi connectivity index (χ1n) is 17.8.